The number of hydrogen-bond acceptors (Lipinski definition) is 8. The molecule has 120 valence electrons. The van der Waals surface area contributed by atoms with Crippen molar-refractivity contribution in [2.75, 3.05) is 37.1 Å². The van der Waals surface area contributed by atoms with E-state index in [9.17, 15) is 8.42 Å². The zero-order chi connectivity index (χ0) is 15.8. The van der Waals surface area contributed by atoms with Gasteiger partial charge in [-0.05, 0) is 12.1 Å². The maximum atomic E-state index is 12.1. The molecule has 0 spiro atoms. The van der Waals surface area contributed by atoms with Crippen LogP contribution in [0.5, 0.6) is 0 Å². The lowest BCUT2D eigenvalue weighted by atomic mass is 10.4. The maximum absolute atomic E-state index is 12.1. The summed E-state index contributed by atoms with van der Waals surface area (Å²) in [4.78, 5) is 0.356. The van der Waals surface area contributed by atoms with E-state index in [2.05, 4.69) is 15.5 Å². The largest absolute Gasteiger partial charge is 0.383 e. The molecule has 1 N–H and O–H groups in total. The molecule has 1 aromatic carbocycles. The highest BCUT2D eigenvalue weighted by Gasteiger charge is 2.14. The van der Waals surface area contributed by atoms with Crippen molar-refractivity contribution in [2.24, 2.45) is 0 Å². The molecule has 0 unspecified atom stereocenters. The number of aromatic nitrogens is 2. The van der Waals surface area contributed by atoms with Gasteiger partial charge in [-0.2, -0.15) is 0 Å². The summed E-state index contributed by atoms with van der Waals surface area (Å²) < 4.78 is 29.9. The minimum atomic E-state index is -3.24. The topological polar surface area (TPSA) is 81.2 Å². The molecule has 1 heterocycles. The number of sulfone groups is 1. The molecule has 0 aliphatic heterocycles. The number of methoxy groups -OCH3 is 1. The SMILES string of the molecule is COCCNc1nnc(SCCS(=O)(=O)c2ccccc2)s1. The molecular weight excluding hydrogens is 342 g/mol. The molecule has 9 heteroatoms. The van der Waals surface area contributed by atoms with Gasteiger partial charge < -0.3 is 10.1 Å². The molecule has 0 radical (unpaired) electrons. The van der Waals surface area contributed by atoms with E-state index in [0.29, 0.717) is 28.9 Å². The molecule has 22 heavy (non-hydrogen) atoms. The van der Waals surface area contributed by atoms with Crippen LogP contribution in [0.2, 0.25) is 0 Å². The number of hydrogen-bond donors (Lipinski definition) is 1. The highest BCUT2D eigenvalue weighted by Crippen LogP contribution is 2.26. The monoisotopic (exact) mass is 359 g/mol. The Bertz CT molecular complexity index is 674. The molecule has 0 saturated heterocycles. The van der Waals surface area contributed by atoms with Gasteiger partial charge in [0.05, 0.1) is 17.3 Å². The third-order valence-corrected chi connectivity index (χ3v) is 6.68. The van der Waals surface area contributed by atoms with E-state index in [1.165, 1.54) is 23.1 Å². The Kier molecular flexibility index (Phi) is 6.62. The van der Waals surface area contributed by atoms with Gasteiger partial charge in [0.15, 0.2) is 14.2 Å². The molecule has 0 bridgehead atoms. The molecule has 0 aliphatic carbocycles. The Hall–Kier alpha value is -1.16. The summed E-state index contributed by atoms with van der Waals surface area (Å²) in [6.45, 7) is 1.26. The van der Waals surface area contributed by atoms with Gasteiger partial charge in [0.25, 0.3) is 0 Å². The fourth-order valence-electron chi connectivity index (χ4n) is 1.58. The highest BCUT2D eigenvalue weighted by molar-refractivity contribution is 8.02. The first-order chi connectivity index (χ1) is 10.6. The van der Waals surface area contributed by atoms with Crippen LogP contribution in [0, 0.1) is 0 Å². The van der Waals surface area contributed by atoms with Crippen LogP contribution in [-0.4, -0.2) is 50.4 Å². The van der Waals surface area contributed by atoms with E-state index in [1.54, 1.807) is 37.4 Å². The van der Waals surface area contributed by atoms with Gasteiger partial charge in [-0.25, -0.2) is 8.42 Å². The summed E-state index contributed by atoms with van der Waals surface area (Å²) >= 11 is 2.81. The minimum absolute atomic E-state index is 0.0771. The summed E-state index contributed by atoms with van der Waals surface area (Å²) in [5.41, 5.74) is 0. The van der Waals surface area contributed by atoms with Gasteiger partial charge in [0.1, 0.15) is 0 Å². The second-order valence-electron chi connectivity index (χ2n) is 4.27. The van der Waals surface area contributed by atoms with Crippen molar-refractivity contribution in [3.8, 4) is 0 Å². The van der Waals surface area contributed by atoms with E-state index in [4.69, 9.17) is 4.74 Å². The zero-order valence-electron chi connectivity index (χ0n) is 12.1. The van der Waals surface area contributed by atoms with E-state index < -0.39 is 9.84 Å². The summed E-state index contributed by atoms with van der Waals surface area (Å²) in [5.74, 6) is 0.525. The first-order valence-electron chi connectivity index (χ1n) is 6.59. The lowest BCUT2D eigenvalue weighted by Gasteiger charge is -2.02. The molecule has 6 nitrogen and oxygen atoms in total. The Morgan fingerprint density at radius 1 is 1.27 bits per heavy atom. The summed E-state index contributed by atoms with van der Waals surface area (Å²) in [6, 6.07) is 8.48. The first kappa shape index (κ1) is 17.2. The number of anilines is 1. The molecule has 2 rings (SSSR count). The number of thioether (sulfide) groups is 1. The molecule has 2 aromatic rings. The second kappa shape index (κ2) is 8.47. The third-order valence-electron chi connectivity index (χ3n) is 2.67. The van der Waals surface area contributed by atoms with E-state index in [-0.39, 0.29) is 5.75 Å². The predicted octanol–water partition coefficient (Wildman–Crippen LogP) is 2.16. The van der Waals surface area contributed by atoms with E-state index >= 15 is 0 Å². The normalized spacial score (nSPS) is 11.5. The molecule has 1 aromatic heterocycles. The summed E-state index contributed by atoms with van der Waals surface area (Å²) in [5, 5.41) is 11.8. The van der Waals surface area contributed by atoms with Gasteiger partial charge in [-0.1, -0.05) is 41.3 Å². The fraction of sp³-hybridized carbons (Fsp3) is 0.385. The van der Waals surface area contributed by atoms with Gasteiger partial charge in [-0.3, -0.25) is 0 Å². The second-order valence-corrected chi connectivity index (χ2v) is 8.70. The summed E-state index contributed by atoms with van der Waals surface area (Å²) in [7, 11) is -1.60. The van der Waals surface area contributed by atoms with Crippen LogP contribution in [0.25, 0.3) is 0 Å². The first-order valence-corrected chi connectivity index (χ1v) is 10.0. The van der Waals surface area contributed by atoms with Gasteiger partial charge in [0.2, 0.25) is 5.13 Å². The van der Waals surface area contributed by atoms with Crippen LogP contribution in [0.3, 0.4) is 0 Å². The van der Waals surface area contributed by atoms with Crippen molar-refractivity contribution in [3.05, 3.63) is 30.3 Å². The van der Waals surface area contributed by atoms with Crippen LogP contribution in [-0.2, 0) is 14.6 Å². The maximum Gasteiger partial charge on any atom is 0.206 e. The average molecular weight is 359 g/mol. The standard InChI is InChI=1S/C13H17N3O3S3/c1-19-8-7-14-12-15-16-13(21-12)20-9-10-22(17,18)11-5-3-2-4-6-11/h2-6H,7-10H2,1H3,(H,14,15). The predicted molar refractivity (Wildman–Crippen MR) is 89.5 cm³/mol. The van der Waals surface area contributed by atoms with Crippen molar-refractivity contribution < 1.29 is 13.2 Å². The van der Waals surface area contributed by atoms with Crippen LogP contribution in [0.15, 0.2) is 39.6 Å². The van der Waals surface area contributed by atoms with Crippen molar-refractivity contribution >= 4 is 38.1 Å². The average Bonchev–Trinajstić information content (AvgIpc) is 2.96. The van der Waals surface area contributed by atoms with Crippen LogP contribution in [0.4, 0.5) is 5.13 Å². The van der Waals surface area contributed by atoms with Crippen LogP contribution >= 0.6 is 23.1 Å². The van der Waals surface area contributed by atoms with Gasteiger partial charge in [-0.15, -0.1) is 10.2 Å². The zero-order valence-corrected chi connectivity index (χ0v) is 14.5. The smallest absolute Gasteiger partial charge is 0.206 e. The van der Waals surface area contributed by atoms with Crippen molar-refractivity contribution in [1.82, 2.24) is 10.2 Å². The van der Waals surface area contributed by atoms with Crippen LogP contribution in [0.1, 0.15) is 0 Å². The Morgan fingerprint density at radius 3 is 2.77 bits per heavy atom. The number of nitrogens with one attached hydrogen (secondary N) is 1. The highest BCUT2D eigenvalue weighted by atomic mass is 32.2. The third kappa shape index (κ3) is 5.24. The van der Waals surface area contributed by atoms with E-state index in [1.807, 2.05) is 0 Å². The Morgan fingerprint density at radius 2 is 2.05 bits per heavy atom. The van der Waals surface area contributed by atoms with Crippen molar-refractivity contribution in [1.29, 1.82) is 0 Å². The molecule has 0 amide bonds. The summed E-state index contributed by atoms with van der Waals surface area (Å²) in [6.07, 6.45) is 0. The molecular formula is C13H17N3O3S3. The Balaban J connectivity index is 1.81. The van der Waals surface area contributed by atoms with Crippen molar-refractivity contribution in [3.63, 3.8) is 0 Å². The lowest BCUT2D eigenvalue weighted by molar-refractivity contribution is 0.211. The molecule has 0 aliphatic rings. The fourth-order valence-corrected chi connectivity index (χ4v) is 5.10. The van der Waals surface area contributed by atoms with Gasteiger partial charge in [0, 0.05) is 19.4 Å². The lowest BCUT2D eigenvalue weighted by Crippen LogP contribution is -2.08. The molecule has 0 atom stereocenters. The van der Waals surface area contributed by atoms with Crippen LogP contribution < -0.4 is 5.32 Å². The number of benzene rings is 1. The van der Waals surface area contributed by atoms with Crippen molar-refractivity contribution in [2.45, 2.75) is 9.24 Å². The minimum Gasteiger partial charge on any atom is -0.383 e. The number of rotatable bonds is 9. The molecule has 0 saturated carbocycles. The van der Waals surface area contributed by atoms with E-state index in [0.717, 1.165) is 4.34 Å². The quantitative estimate of drug-likeness (QED) is 0.543. The Labute approximate surface area is 138 Å². The number of nitrogens with zero attached hydrogens (tertiary/aromatic N) is 2. The number of ether oxygens (including phenoxy) is 1. The molecule has 0 fully saturated rings. The van der Waals surface area contributed by atoms with Gasteiger partial charge >= 0.3 is 0 Å².